The summed E-state index contributed by atoms with van der Waals surface area (Å²) in [6.45, 7) is 1.58. The molecule has 1 saturated heterocycles. The second kappa shape index (κ2) is 12.4. The number of likely N-dealkylation sites (tertiary alicyclic amines) is 1. The summed E-state index contributed by atoms with van der Waals surface area (Å²) in [5.41, 5.74) is 0. The molecule has 12 nitrogen and oxygen atoms in total. The molecule has 5 N–H and O–H groups in total. The van der Waals surface area contributed by atoms with Gasteiger partial charge in [-0.2, -0.15) is 0 Å². The van der Waals surface area contributed by atoms with Gasteiger partial charge in [0, 0.05) is 38.4 Å². The van der Waals surface area contributed by atoms with E-state index in [4.69, 9.17) is 0 Å². The van der Waals surface area contributed by atoms with Gasteiger partial charge in [-0.05, 0) is 7.05 Å². The molecule has 1 aliphatic rings. The van der Waals surface area contributed by atoms with Crippen molar-refractivity contribution in [2.75, 3.05) is 46.3 Å². The van der Waals surface area contributed by atoms with E-state index in [1.807, 2.05) is 0 Å². The molecular formula is C17H28N6O6. The van der Waals surface area contributed by atoms with Crippen molar-refractivity contribution in [3.05, 3.63) is 0 Å². The van der Waals surface area contributed by atoms with Crippen LogP contribution in [0.4, 0.5) is 0 Å². The summed E-state index contributed by atoms with van der Waals surface area (Å²) in [7, 11) is 1.60. The third-order valence-electron chi connectivity index (χ3n) is 4.03. The number of amides is 6. The minimum Gasteiger partial charge on any atom is -0.354 e. The number of carbonyl (C=O) groups excluding carboxylic acids is 6. The Labute approximate surface area is 168 Å². The predicted molar refractivity (Wildman–Crippen MR) is 101 cm³/mol. The average molecular weight is 412 g/mol. The molecule has 0 spiro atoms. The molecule has 1 fully saturated rings. The Kier molecular flexibility index (Phi) is 10.3. The summed E-state index contributed by atoms with van der Waals surface area (Å²) in [4.78, 5) is 70.5. The molecule has 0 aromatic rings. The fourth-order valence-corrected chi connectivity index (χ4v) is 2.50. The lowest BCUT2D eigenvalue weighted by Crippen LogP contribution is -2.44. The van der Waals surface area contributed by atoms with E-state index in [1.54, 1.807) is 14.0 Å². The van der Waals surface area contributed by atoms with Crippen LogP contribution in [0.1, 0.15) is 19.8 Å². The summed E-state index contributed by atoms with van der Waals surface area (Å²) >= 11 is 0. The van der Waals surface area contributed by atoms with Crippen molar-refractivity contribution >= 4 is 35.4 Å². The van der Waals surface area contributed by atoms with Crippen LogP contribution in [-0.4, -0.2) is 86.7 Å². The van der Waals surface area contributed by atoms with Gasteiger partial charge in [0.15, 0.2) is 0 Å². The van der Waals surface area contributed by atoms with Crippen LogP contribution in [0.3, 0.4) is 0 Å². The van der Waals surface area contributed by atoms with Gasteiger partial charge in [-0.3, -0.25) is 33.7 Å². The first-order valence-electron chi connectivity index (χ1n) is 9.30. The second-order valence-corrected chi connectivity index (χ2v) is 6.52. The van der Waals surface area contributed by atoms with Crippen molar-refractivity contribution in [2.24, 2.45) is 5.92 Å². The van der Waals surface area contributed by atoms with Gasteiger partial charge >= 0.3 is 0 Å². The third kappa shape index (κ3) is 9.14. The minimum atomic E-state index is -0.511. The van der Waals surface area contributed by atoms with Crippen LogP contribution in [0.2, 0.25) is 0 Å². The molecule has 1 unspecified atom stereocenters. The number of hydrogen-bond acceptors (Lipinski definition) is 7. The molecular weight excluding hydrogens is 384 g/mol. The molecule has 162 valence electrons. The number of likely N-dealkylation sites (N-methyl/N-ethyl adjacent to an activating group) is 1. The highest BCUT2D eigenvalue weighted by atomic mass is 16.2. The minimum absolute atomic E-state index is 0.0120. The monoisotopic (exact) mass is 412 g/mol. The normalized spacial score (nSPS) is 15.8. The quantitative estimate of drug-likeness (QED) is 0.207. The number of imide groups is 1. The molecule has 0 aliphatic carbocycles. The largest absolute Gasteiger partial charge is 0.354 e. The zero-order valence-corrected chi connectivity index (χ0v) is 16.6. The number of nitrogens with one attached hydrogen (secondary N) is 5. The molecule has 0 aromatic carbocycles. The van der Waals surface area contributed by atoms with Crippen LogP contribution >= 0.6 is 0 Å². The average Bonchev–Trinajstić information content (AvgIpc) is 2.91. The van der Waals surface area contributed by atoms with Gasteiger partial charge in [0.05, 0.1) is 19.6 Å². The van der Waals surface area contributed by atoms with Gasteiger partial charge in [0.1, 0.15) is 0 Å². The zero-order valence-electron chi connectivity index (χ0n) is 16.6. The first kappa shape index (κ1) is 24.0. The zero-order chi connectivity index (χ0) is 21.8. The maximum Gasteiger partial charge on any atom is 0.239 e. The number of nitrogens with zero attached hydrogens (tertiary/aromatic N) is 1. The van der Waals surface area contributed by atoms with Crippen molar-refractivity contribution in [3.63, 3.8) is 0 Å². The van der Waals surface area contributed by atoms with Gasteiger partial charge in [0.25, 0.3) is 0 Å². The fraction of sp³-hybridized carbons (Fsp3) is 0.647. The highest BCUT2D eigenvalue weighted by Crippen LogP contribution is 2.17. The Bertz CT molecular complexity index is 652. The lowest BCUT2D eigenvalue weighted by molar-refractivity contribution is -0.139. The van der Waals surface area contributed by atoms with Crippen molar-refractivity contribution in [1.29, 1.82) is 0 Å². The van der Waals surface area contributed by atoms with E-state index in [1.165, 1.54) is 0 Å². The van der Waals surface area contributed by atoms with E-state index < -0.39 is 11.8 Å². The van der Waals surface area contributed by atoms with Gasteiger partial charge in [-0.25, -0.2) is 0 Å². The molecule has 0 radical (unpaired) electrons. The Hall–Kier alpha value is -3.02. The van der Waals surface area contributed by atoms with Crippen LogP contribution in [0.25, 0.3) is 0 Å². The molecule has 1 atom stereocenters. The van der Waals surface area contributed by atoms with Gasteiger partial charge < -0.3 is 26.6 Å². The van der Waals surface area contributed by atoms with Gasteiger partial charge in [0.2, 0.25) is 35.4 Å². The van der Waals surface area contributed by atoms with Crippen LogP contribution in [0, 0.1) is 5.92 Å². The SMILES string of the molecule is CNCC(=O)NCC(=O)NCC(=O)NCCC(=O)NCCN1C(=O)CC(C)C1=O. The van der Waals surface area contributed by atoms with Crippen molar-refractivity contribution in [3.8, 4) is 0 Å². The van der Waals surface area contributed by atoms with Crippen LogP contribution in [-0.2, 0) is 28.8 Å². The number of carbonyl (C=O) groups is 6. The van der Waals surface area contributed by atoms with Crippen molar-refractivity contribution < 1.29 is 28.8 Å². The van der Waals surface area contributed by atoms with Crippen LogP contribution < -0.4 is 26.6 Å². The van der Waals surface area contributed by atoms with E-state index in [9.17, 15) is 28.8 Å². The Morgan fingerprint density at radius 1 is 0.862 bits per heavy atom. The van der Waals surface area contributed by atoms with Gasteiger partial charge in [-0.15, -0.1) is 0 Å². The topological polar surface area (TPSA) is 166 Å². The van der Waals surface area contributed by atoms with Gasteiger partial charge in [-0.1, -0.05) is 6.92 Å². The molecule has 0 aromatic heterocycles. The van der Waals surface area contributed by atoms with E-state index in [-0.39, 0.29) is 81.7 Å². The van der Waals surface area contributed by atoms with E-state index in [2.05, 4.69) is 26.6 Å². The summed E-state index contributed by atoms with van der Waals surface area (Å²) in [6.07, 6.45) is 0.204. The Balaban J connectivity index is 2.09. The molecule has 0 bridgehead atoms. The number of hydrogen-bond donors (Lipinski definition) is 5. The Morgan fingerprint density at radius 2 is 1.41 bits per heavy atom. The van der Waals surface area contributed by atoms with E-state index in [0.29, 0.717) is 0 Å². The predicted octanol–water partition coefficient (Wildman–Crippen LogP) is -3.54. The van der Waals surface area contributed by atoms with Crippen LogP contribution in [0.5, 0.6) is 0 Å². The molecule has 1 aliphatic heterocycles. The third-order valence-corrected chi connectivity index (χ3v) is 4.03. The molecule has 12 heteroatoms. The maximum atomic E-state index is 11.7. The second-order valence-electron chi connectivity index (χ2n) is 6.52. The number of rotatable bonds is 12. The van der Waals surface area contributed by atoms with Crippen molar-refractivity contribution in [1.82, 2.24) is 31.5 Å². The first-order valence-corrected chi connectivity index (χ1v) is 9.30. The molecule has 1 rings (SSSR count). The summed E-state index contributed by atoms with van der Waals surface area (Å²) in [6, 6.07) is 0. The summed E-state index contributed by atoms with van der Waals surface area (Å²) in [5, 5.41) is 12.4. The lowest BCUT2D eigenvalue weighted by atomic mass is 10.1. The van der Waals surface area contributed by atoms with E-state index in [0.717, 1.165) is 4.90 Å². The lowest BCUT2D eigenvalue weighted by Gasteiger charge is -2.14. The molecule has 0 saturated carbocycles. The maximum absolute atomic E-state index is 11.7. The highest BCUT2D eigenvalue weighted by molar-refractivity contribution is 6.03. The standard InChI is InChI=1S/C17H28N6O6/c1-11-7-16(28)23(17(11)29)6-5-20-12(24)3-4-19-14(26)9-22-15(27)10-21-13(25)8-18-2/h11,18H,3-10H2,1-2H3,(H,19,26)(H,20,24)(H,21,25)(H,22,27). The van der Waals surface area contributed by atoms with Crippen LogP contribution in [0.15, 0.2) is 0 Å². The first-order chi connectivity index (χ1) is 13.7. The summed E-state index contributed by atoms with van der Waals surface area (Å²) in [5.74, 6) is -2.47. The molecule has 1 heterocycles. The van der Waals surface area contributed by atoms with Crippen molar-refractivity contribution in [2.45, 2.75) is 19.8 Å². The highest BCUT2D eigenvalue weighted by Gasteiger charge is 2.34. The molecule has 6 amide bonds. The smallest absolute Gasteiger partial charge is 0.239 e. The summed E-state index contributed by atoms with van der Waals surface area (Å²) < 4.78 is 0. The fourth-order valence-electron chi connectivity index (χ4n) is 2.50. The molecule has 29 heavy (non-hydrogen) atoms. The Morgan fingerprint density at radius 3 is 1.97 bits per heavy atom. The van der Waals surface area contributed by atoms with E-state index >= 15 is 0 Å².